The second kappa shape index (κ2) is 6.74. The molecule has 0 fully saturated rings. The lowest BCUT2D eigenvalue weighted by Crippen LogP contribution is -2.44. The molecule has 0 aromatic carbocycles. The maximum Gasteiger partial charge on any atom is 0.326 e. The van der Waals surface area contributed by atoms with E-state index in [2.05, 4.69) is 10.3 Å². The van der Waals surface area contributed by atoms with Gasteiger partial charge in [0.25, 0.3) is 0 Å². The molecule has 18 heavy (non-hydrogen) atoms. The third-order valence-corrected chi connectivity index (χ3v) is 2.61. The SMILES string of the molecule is CC(C)C(NC(=O)CCc1cccnc1)C(=O)O. The summed E-state index contributed by atoms with van der Waals surface area (Å²) in [4.78, 5) is 26.5. The lowest BCUT2D eigenvalue weighted by atomic mass is 10.0. The van der Waals surface area contributed by atoms with Crippen molar-refractivity contribution in [3.05, 3.63) is 30.1 Å². The number of rotatable bonds is 6. The van der Waals surface area contributed by atoms with Gasteiger partial charge >= 0.3 is 5.97 Å². The van der Waals surface area contributed by atoms with Crippen molar-refractivity contribution in [3.63, 3.8) is 0 Å². The second-order valence-corrected chi connectivity index (χ2v) is 4.49. The van der Waals surface area contributed by atoms with E-state index in [4.69, 9.17) is 5.11 Å². The van der Waals surface area contributed by atoms with E-state index in [0.717, 1.165) is 5.56 Å². The molecule has 0 radical (unpaired) electrons. The van der Waals surface area contributed by atoms with Crippen LogP contribution in [0, 0.1) is 5.92 Å². The molecule has 5 heteroatoms. The van der Waals surface area contributed by atoms with Crippen molar-refractivity contribution in [3.8, 4) is 0 Å². The van der Waals surface area contributed by atoms with Crippen molar-refractivity contribution in [1.82, 2.24) is 10.3 Å². The Hall–Kier alpha value is -1.91. The van der Waals surface area contributed by atoms with Gasteiger partial charge in [0.1, 0.15) is 6.04 Å². The van der Waals surface area contributed by atoms with Gasteiger partial charge in [-0.1, -0.05) is 19.9 Å². The zero-order valence-corrected chi connectivity index (χ0v) is 10.6. The summed E-state index contributed by atoms with van der Waals surface area (Å²) in [6.07, 6.45) is 4.19. The molecule has 1 heterocycles. The Morgan fingerprint density at radius 3 is 2.67 bits per heavy atom. The van der Waals surface area contributed by atoms with Crippen LogP contribution in [0.25, 0.3) is 0 Å². The highest BCUT2D eigenvalue weighted by Crippen LogP contribution is 2.04. The first-order valence-electron chi connectivity index (χ1n) is 5.91. The van der Waals surface area contributed by atoms with Crippen LogP contribution in [-0.2, 0) is 16.0 Å². The molecule has 0 saturated heterocycles. The third kappa shape index (κ3) is 4.53. The van der Waals surface area contributed by atoms with Crippen LogP contribution in [0.5, 0.6) is 0 Å². The highest BCUT2D eigenvalue weighted by molar-refractivity contribution is 5.83. The maximum absolute atomic E-state index is 11.6. The van der Waals surface area contributed by atoms with Gasteiger partial charge in [0.2, 0.25) is 5.91 Å². The summed E-state index contributed by atoms with van der Waals surface area (Å²) < 4.78 is 0. The molecule has 1 amide bonds. The fraction of sp³-hybridized carbons (Fsp3) is 0.462. The smallest absolute Gasteiger partial charge is 0.326 e. The Balaban J connectivity index is 2.44. The maximum atomic E-state index is 11.6. The molecule has 1 aromatic heterocycles. The van der Waals surface area contributed by atoms with Crippen molar-refractivity contribution in [2.75, 3.05) is 0 Å². The number of aliphatic carboxylic acids is 1. The number of nitrogens with one attached hydrogen (secondary N) is 1. The minimum atomic E-state index is -1.00. The van der Waals surface area contributed by atoms with Crippen molar-refractivity contribution < 1.29 is 14.7 Å². The fourth-order valence-electron chi connectivity index (χ4n) is 1.56. The molecule has 5 nitrogen and oxygen atoms in total. The lowest BCUT2D eigenvalue weighted by molar-refractivity contribution is -0.143. The number of hydrogen-bond donors (Lipinski definition) is 2. The third-order valence-electron chi connectivity index (χ3n) is 2.61. The predicted molar refractivity (Wildman–Crippen MR) is 67.0 cm³/mol. The van der Waals surface area contributed by atoms with Gasteiger partial charge in [-0.05, 0) is 24.0 Å². The Bertz CT molecular complexity index is 404. The summed E-state index contributed by atoms with van der Waals surface area (Å²) in [5.74, 6) is -1.38. The van der Waals surface area contributed by atoms with E-state index in [1.807, 2.05) is 6.07 Å². The summed E-state index contributed by atoms with van der Waals surface area (Å²) in [6.45, 7) is 3.53. The first kappa shape index (κ1) is 14.2. The standard InChI is InChI=1S/C13H18N2O3/c1-9(2)12(13(17)18)15-11(16)6-5-10-4-3-7-14-8-10/h3-4,7-9,12H,5-6H2,1-2H3,(H,15,16)(H,17,18). The molecule has 1 atom stereocenters. The molecule has 1 aromatic rings. The van der Waals surface area contributed by atoms with Crippen molar-refractivity contribution in [1.29, 1.82) is 0 Å². The van der Waals surface area contributed by atoms with Gasteiger partial charge in [-0.15, -0.1) is 0 Å². The van der Waals surface area contributed by atoms with E-state index in [0.29, 0.717) is 6.42 Å². The van der Waals surface area contributed by atoms with Gasteiger partial charge in [-0.2, -0.15) is 0 Å². The summed E-state index contributed by atoms with van der Waals surface area (Å²) in [6, 6.07) is 2.87. The number of amides is 1. The first-order valence-corrected chi connectivity index (χ1v) is 5.91. The largest absolute Gasteiger partial charge is 0.480 e. The Morgan fingerprint density at radius 2 is 2.17 bits per heavy atom. The van der Waals surface area contributed by atoms with Crippen LogP contribution in [0.4, 0.5) is 0 Å². The molecule has 0 aliphatic carbocycles. The molecule has 0 spiro atoms. The minimum Gasteiger partial charge on any atom is -0.480 e. The number of nitrogens with zero attached hydrogens (tertiary/aromatic N) is 1. The van der Waals surface area contributed by atoms with Crippen LogP contribution in [0.15, 0.2) is 24.5 Å². The average molecular weight is 250 g/mol. The van der Waals surface area contributed by atoms with Gasteiger partial charge in [0.15, 0.2) is 0 Å². The van der Waals surface area contributed by atoms with Crippen LogP contribution in [0.2, 0.25) is 0 Å². The molecule has 0 saturated carbocycles. The molecule has 1 rings (SSSR count). The second-order valence-electron chi connectivity index (χ2n) is 4.49. The summed E-state index contributed by atoms with van der Waals surface area (Å²) in [5, 5.41) is 11.5. The van der Waals surface area contributed by atoms with Crippen LogP contribution in [-0.4, -0.2) is 28.0 Å². The normalized spacial score (nSPS) is 12.2. The summed E-state index contributed by atoms with van der Waals surface area (Å²) >= 11 is 0. The minimum absolute atomic E-state index is 0.134. The first-order chi connectivity index (χ1) is 8.50. The van der Waals surface area contributed by atoms with Crippen molar-refractivity contribution in [2.45, 2.75) is 32.7 Å². The lowest BCUT2D eigenvalue weighted by Gasteiger charge is -2.17. The molecular weight excluding hydrogens is 232 g/mol. The molecule has 0 aliphatic rings. The van der Waals surface area contributed by atoms with Gasteiger partial charge in [0.05, 0.1) is 0 Å². The summed E-state index contributed by atoms with van der Waals surface area (Å²) in [5.41, 5.74) is 0.962. The quantitative estimate of drug-likeness (QED) is 0.796. The van der Waals surface area contributed by atoms with E-state index >= 15 is 0 Å². The summed E-state index contributed by atoms with van der Waals surface area (Å²) in [7, 11) is 0. The van der Waals surface area contributed by atoms with Gasteiger partial charge < -0.3 is 10.4 Å². The van der Waals surface area contributed by atoms with Gasteiger partial charge in [-0.3, -0.25) is 9.78 Å². The van der Waals surface area contributed by atoms with E-state index in [9.17, 15) is 9.59 Å². The number of carboxylic acid groups (broad SMARTS) is 1. The van der Waals surface area contributed by atoms with Crippen LogP contribution in [0.3, 0.4) is 0 Å². The van der Waals surface area contributed by atoms with E-state index < -0.39 is 12.0 Å². The zero-order valence-electron chi connectivity index (χ0n) is 10.6. The molecule has 1 unspecified atom stereocenters. The van der Waals surface area contributed by atoms with E-state index in [1.54, 1.807) is 32.3 Å². The Morgan fingerprint density at radius 1 is 1.44 bits per heavy atom. The highest BCUT2D eigenvalue weighted by Gasteiger charge is 2.22. The monoisotopic (exact) mass is 250 g/mol. The van der Waals surface area contributed by atoms with Crippen molar-refractivity contribution in [2.24, 2.45) is 5.92 Å². The number of aryl methyl sites for hydroxylation is 1. The topological polar surface area (TPSA) is 79.3 Å². The Labute approximate surface area is 106 Å². The molecule has 98 valence electrons. The van der Waals surface area contributed by atoms with Gasteiger partial charge in [0, 0.05) is 18.8 Å². The van der Waals surface area contributed by atoms with E-state index in [-0.39, 0.29) is 18.2 Å². The molecule has 0 bridgehead atoms. The number of pyridine rings is 1. The van der Waals surface area contributed by atoms with Crippen LogP contribution in [0.1, 0.15) is 25.8 Å². The average Bonchev–Trinajstić information content (AvgIpc) is 2.34. The number of hydrogen-bond acceptors (Lipinski definition) is 3. The fourth-order valence-corrected chi connectivity index (χ4v) is 1.56. The number of aromatic nitrogens is 1. The Kier molecular flexibility index (Phi) is 5.30. The predicted octanol–water partition coefficient (Wildman–Crippen LogP) is 1.24. The van der Waals surface area contributed by atoms with Gasteiger partial charge in [-0.25, -0.2) is 4.79 Å². The molecule has 0 aliphatic heterocycles. The van der Waals surface area contributed by atoms with E-state index in [1.165, 1.54) is 0 Å². The van der Waals surface area contributed by atoms with Crippen molar-refractivity contribution >= 4 is 11.9 Å². The number of carbonyl (C=O) groups excluding carboxylic acids is 1. The number of carboxylic acids is 1. The molecular formula is C13H18N2O3. The highest BCUT2D eigenvalue weighted by atomic mass is 16.4. The number of carbonyl (C=O) groups is 2. The van der Waals surface area contributed by atoms with Crippen LogP contribution < -0.4 is 5.32 Å². The molecule has 2 N–H and O–H groups in total. The zero-order chi connectivity index (χ0) is 13.5. The van der Waals surface area contributed by atoms with Crippen LogP contribution >= 0.6 is 0 Å².